The number of allylic oxidation sites excluding steroid dienone is 13. The fourth-order valence-corrected chi connectivity index (χ4v) is 6.24. The first-order chi connectivity index (χ1) is 18.6. The molecule has 38 heavy (non-hydrogen) atoms. The summed E-state index contributed by atoms with van der Waals surface area (Å²) in [6, 6.07) is 10.8. The van der Waals surface area contributed by atoms with E-state index in [0.29, 0.717) is 11.8 Å². The Bertz CT molecular complexity index is 1060. The van der Waals surface area contributed by atoms with Crippen LogP contribution in [0, 0.1) is 24.2 Å². The van der Waals surface area contributed by atoms with Crippen LogP contribution in [0.3, 0.4) is 0 Å². The van der Waals surface area contributed by atoms with E-state index in [0.717, 1.165) is 12.8 Å². The summed E-state index contributed by atoms with van der Waals surface area (Å²) in [6.45, 7) is 13.4. The average Bonchev–Trinajstić information content (AvgIpc) is 3.17. The minimum absolute atomic E-state index is 0.160. The number of terminal acetylenes is 1. The molecule has 2 unspecified atom stereocenters. The third-order valence-corrected chi connectivity index (χ3v) is 8.37. The van der Waals surface area contributed by atoms with E-state index in [4.69, 9.17) is 0 Å². The highest BCUT2D eigenvalue weighted by Gasteiger charge is 2.36. The molecule has 0 heteroatoms. The molecule has 0 bridgehead atoms. The predicted molar refractivity (Wildman–Crippen MR) is 170 cm³/mol. The van der Waals surface area contributed by atoms with Crippen molar-refractivity contribution in [2.75, 3.05) is 0 Å². The molecule has 0 amide bonds. The standard InChI is InChI=1S/C36H48.C2H2/c1-6-17-31(8-3)32(18-7-2)20-14-13-19-30(5)36(27-15-10-16-28-36)34-24-23-29(4)35(26-25-34)33-21-11-9-12-22-33;1-2/h6,8-9,11-14,17,19,21-22,24-26,32,35H,4,7,10,15-16,18,20,23,27-28H2,1-3,5H3;1-2H/b14-13-,17-6-,30-19+,31-8+;. The molecule has 0 heterocycles. The molecule has 0 N–H and O–H groups in total. The van der Waals surface area contributed by atoms with Crippen LogP contribution in [0.15, 0.2) is 114 Å². The minimum Gasteiger partial charge on any atom is -0.124 e. The van der Waals surface area contributed by atoms with Gasteiger partial charge in [-0.25, -0.2) is 0 Å². The number of rotatable bonds is 10. The van der Waals surface area contributed by atoms with E-state index in [2.05, 4.69) is 132 Å². The maximum absolute atomic E-state index is 4.47. The second kappa shape index (κ2) is 16.7. The number of hydrogen-bond donors (Lipinski definition) is 0. The van der Waals surface area contributed by atoms with Gasteiger partial charge in [-0.1, -0.05) is 135 Å². The van der Waals surface area contributed by atoms with Crippen LogP contribution in [0.4, 0.5) is 0 Å². The van der Waals surface area contributed by atoms with Gasteiger partial charge in [0.05, 0.1) is 0 Å². The summed E-state index contributed by atoms with van der Waals surface area (Å²) >= 11 is 0. The van der Waals surface area contributed by atoms with E-state index in [1.54, 1.807) is 0 Å². The van der Waals surface area contributed by atoms with Crippen molar-refractivity contribution in [2.45, 2.75) is 91.4 Å². The second-order valence-electron chi connectivity index (χ2n) is 10.7. The summed E-state index contributed by atoms with van der Waals surface area (Å²) in [5, 5.41) is 0. The van der Waals surface area contributed by atoms with Crippen LogP contribution in [-0.4, -0.2) is 0 Å². The Hall–Kier alpha value is -3.04. The smallest absolute Gasteiger partial charge is 0.0231 e. The molecule has 1 aromatic rings. The van der Waals surface area contributed by atoms with Gasteiger partial charge < -0.3 is 0 Å². The SMILES string of the molecule is C#C.C=C1CC=C(C2(/C(C)=C/C=C\CC(CCC)C(/C=C\C)=C/C)CCCCC2)C=CC1c1ccccc1. The minimum atomic E-state index is 0.160. The summed E-state index contributed by atoms with van der Waals surface area (Å²) in [5.41, 5.74) is 7.30. The topological polar surface area (TPSA) is 0 Å². The van der Waals surface area contributed by atoms with Crippen LogP contribution >= 0.6 is 0 Å². The largest absolute Gasteiger partial charge is 0.124 e. The van der Waals surface area contributed by atoms with Crippen LogP contribution in [0.5, 0.6) is 0 Å². The van der Waals surface area contributed by atoms with Crippen molar-refractivity contribution in [3.8, 4) is 12.8 Å². The Morgan fingerprint density at radius 1 is 1.11 bits per heavy atom. The zero-order valence-electron chi connectivity index (χ0n) is 24.5. The highest BCUT2D eigenvalue weighted by atomic mass is 14.4. The van der Waals surface area contributed by atoms with Crippen LogP contribution < -0.4 is 0 Å². The molecular weight excluding hydrogens is 456 g/mol. The Labute approximate surface area is 234 Å². The number of hydrogen-bond acceptors (Lipinski definition) is 0. The van der Waals surface area contributed by atoms with Crippen molar-refractivity contribution in [3.63, 3.8) is 0 Å². The van der Waals surface area contributed by atoms with E-state index in [-0.39, 0.29) is 5.41 Å². The van der Waals surface area contributed by atoms with Crippen molar-refractivity contribution in [2.24, 2.45) is 11.3 Å². The third-order valence-electron chi connectivity index (χ3n) is 8.37. The van der Waals surface area contributed by atoms with E-state index >= 15 is 0 Å². The summed E-state index contributed by atoms with van der Waals surface area (Å²) < 4.78 is 0. The molecular formula is C38H50. The van der Waals surface area contributed by atoms with E-state index < -0.39 is 0 Å². The van der Waals surface area contributed by atoms with Crippen LogP contribution in [0.2, 0.25) is 0 Å². The summed E-state index contributed by atoms with van der Waals surface area (Å²) in [7, 11) is 0. The molecule has 2 aliphatic carbocycles. The Morgan fingerprint density at radius 3 is 2.45 bits per heavy atom. The van der Waals surface area contributed by atoms with E-state index in [9.17, 15) is 0 Å². The summed E-state index contributed by atoms with van der Waals surface area (Å²) in [6.07, 6.45) is 40.3. The first kappa shape index (κ1) is 31.2. The molecule has 2 atom stereocenters. The van der Waals surface area contributed by atoms with Crippen molar-refractivity contribution in [3.05, 3.63) is 119 Å². The lowest BCUT2D eigenvalue weighted by Crippen LogP contribution is -2.27. The first-order valence-electron chi connectivity index (χ1n) is 14.6. The monoisotopic (exact) mass is 506 g/mol. The van der Waals surface area contributed by atoms with Gasteiger partial charge in [0.15, 0.2) is 0 Å². The van der Waals surface area contributed by atoms with Gasteiger partial charge in [0.1, 0.15) is 0 Å². The Morgan fingerprint density at radius 2 is 1.82 bits per heavy atom. The molecule has 0 nitrogen and oxygen atoms in total. The average molecular weight is 507 g/mol. The molecule has 2 aliphatic rings. The molecule has 1 aromatic carbocycles. The van der Waals surface area contributed by atoms with E-state index in [1.165, 1.54) is 72.8 Å². The Balaban J connectivity index is 0.00000247. The van der Waals surface area contributed by atoms with Gasteiger partial charge >= 0.3 is 0 Å². The fourth-order valence-electron chi connectivity index (χ4n) is 6.24. The lowest BCUT2D eigenvalue weighted by molar-refractivity contribution is 0.294. The van der Waals surface area contributed by atoms with Gasteiger partial charge in [0.2, 0.25) is 0 Å². The molecule has 1 saturated carbocycles. The molecule has 202 valence electrons. The van der Waals surface area contributed by atoms with Gasteiger partial charge in [-0.05, 0) is 75.5 Å². The summed E-state index contributed by atoms with van der Waals surface area (Å²) in [4.78, 5) is 0. The maximum atomic E-state index is 4.47. The molecule has 0 aromatic heterocycles. The molecule has 3 rings (SSSR count). The quantitative estimate of drug-likeness (QED) is 0.168. The van der Waals surface area contributed by atoms with Gasteiger partial charge in [0, 0.05) is 11.3 Å². The van der Waals surface area contributed by atoms with Crippen molar-refractivity contribution in [1.82, 2.24) is 0 Å². The highest BCUT2D eigenvalue weighted by Crippen LogP contribution is 2.50. The summed E-state index contributed by atoms with van der Waals surface area (Å²) in [5.74, 6) is 0.913. The highest BCUT2D eigenvalue weighted by molar-refractivity contribution is 5.44. The van der Waals surface area contributed by atoms with Gasteiger partial charge in [-0.2, -0.15) is 0 Å². The lowest BCUT2D eigenvalue weighted by atomic mass is 9.64. The molecule has 0 saturated heterocycles. The second-order valence-corrected chi connectivity index (χ2v) is 10.7. The third kappa shape index (κ3) is 8.23. The zero-order valence-corrected chi connectivity index (χ0v) is 24.5. The van der Waals surface area contributed by atoms with Gasteiger partial charge in [-0.3, -0.25) is 0 Å². The molecule has 0 aliphatic heterocycles. The molecule has 0 radical (unpaired) electrons. The number of benzene rings is 1. The van der Waals surface area contributed by atoms with Crippen LogP contribution in [0.25, 0.3) is 0 Å². The normalized spacial score (nSPS) is 21.1. The maximum Gasteiger partial charge on any atom is 0.0231 e. The van der Waals surface area contributed by atoms with E-state index in [1.807, 2.05) is 0 Å². The fraction of sp³-hybridized carbons (Fsp3) is 0.421. The Kier molecular flexibility index (Phi) is 13.7. The van der Waals surface area contributed by atoms with Crippen molar-refractivity contribution in [1.29, 1.82) is 0 Å². The van der Waals surface area contributed by atoms with Crippen LogP contribution in [0.1, 0.15) is 97.0 Å². The zero-order chi connectivity index (χ0) is 27.8. The van der Waals surface area contributed by atoms with Crippen LogP contribution in [-0.2, 0) is 0 Å². The van der Waals surface area contributed by atoms with Gasteiger partial charge in [-0.15, -0.1) is 12.8 Å². The lowest BCUT2D eigenvalue weighted by Gasteiger charge is -2.40. The first-order valence-corrected chi connectivity index (χ1v) is 14.6. The molecule has 0 spiro atoms. The molecule has 1 fully saturated rings. The van der Waals surface area contributed by atoms with Gasteiger partial charge in [0.25, 0.3) is 0 Å². The van der Waals surface area contributed by atoms with Crippen molar-refractivity contribution >= 4 is 0 Å². The predicted octanol–water partition coefficient (Wildman–Crippen LogP) is 11.2. The van der Waals surface area contributed by atoms with Crippen molar-refractivity contribution < 1.29 is 0 Å².